The van der Waals surface area contributed by atoms with Crippen molar-refractivity contribution in [3.05, 3.63) is 114 Å². The molecule has 0 fully saturated rings. The zero-order valence-corrected chi connectivity index (χ0v) is 16.2. The highest BCUT2D eigenvalue weighted by Gasteiger charge is 2.23. The fraction of sp³-hybridized carbons (Fsp3) is 0.0714. The Morgan fingerprint density at radius 1 is 0.448 bits per heavy atom. The molecule has 1 aliphatic rings. The van der Waals surface area contributed by atoms with E-state index >= 15 is 0 Å². The minimum atomic E-state index is 0.910. The number of fused-ring (bicyclic) bond motifs is 7. The summed E-state index contributed by atoms with van der Waals surface area (Å²) in [7, 11) is 0. The molecule has 6 rings (SSSR count). The molecule has 1 aliphatic heterocycles. The highest BCUT2D eigenvalue weighted by atomic mass is 15.1. The Morgan fingerprint density at radius 2 is 0.931 bits per heavy atom. The maximum Gasteiger partial charge on any atom is 0.0439 e. The Labute approximate surface area is 170 Å². The quantitative estimate of drug-likeness (QED) is 0.302. The van der Waals surface area contributed by atoms with Crippen molar-refractivity contribution in [1.82, 2.24) is 0 Å². The number of benzene rings is 5. The molecule has 0 aromatic heterocycles. The second-order valence-electron chi connectivity index (χ2n) is 7.83. The third-order valence-electron chi connectivity index (χ3n) is 6.12. The number of para-hydroxylation sites is 1. The first-order valence-electron chi connectivity index (χ1n) is 10.2. The van der Waals surface area contributed by atoms with Gasteiger partial charge in [0.1, 0.15) is 0 Å². The summed E-state index contributed by atoms with van der Waals surface area (Å²) in [5.74, 6) is 0. The van der Waals surface area contributed by atoms with E-state index in [1.54, 1.807) is 0 Å². The summed E-state index contributed by atoms with van der Waals surface area (Å²) in [6, 6.07) is 37.5. The third kappa shape index (κ3) is 2.62. The number of hydrogen-bond acceptors (Lipinski definition) is 1. The first-order valence-corrected chi connectivity index (χ1v) is 10.2. The Balaban J connectivity index is 1.72. The van der Waals surface area contributed by atoms with Gasteiger partial charge in [-0.3, -0.25) is 0 Å². The molecule has 0 N–H and O–H groups in total. The first-order chi connectivity index (χ1) is 14.4. The molecule has 1 nitrogen and oxygen atoms in total. The standard InChI is InChI=1S/C28H21N/c1-2-10-24(11-3-1)29-18-22-16-14-20-8-4-6-12-25(20)27(22)28-23(19-29)17-15-21-9-5-7-13-26(21)28/h1-17H,18-19H2. The van der Waals surface area contributed by atoms with E-state index < -0.39 is 0 Å². The highest BCUT2D eigenvalue weighted by molar-refractivity contribution is 6.08. The maximum atomic E-state index is 2.49. The molecule has 0 amide bonds. The third-order valence-corrected chi connectivity index (χ3v) is 6.12. The van der Waals surface area contributed by atoms with Crippen LogP contribution in [0.5, 0.6) is 0 Å². The number of nitrogens with zero attached hydrogens (tertiary/aromatic N) is 1. The molecule has 5 aromatic carbocycles. The minimum Gasteiger partial charge on any atom is -0.363 e. The van der Waals surface area contributed by atoms with Gasteiger partial charge in [-0.25, -0.2) is 0 Å². The van der Waals surface area contributed by atoms with Gasteiger partial charge in [0.15, 0.2) is 0 Å². The van der Waals surface area contributed by atoms with Crippen molar-refractivity contribution in [3.63, 3.8) is 0 Å². The number of rotatable bonds is 1. The molecule has 0 spiro atoms. The van der Waals surface area contributed by atoms with E-state index in [0.717, 1.165) is 13.1 Å². The van der Waals surface area contributed by atoms with E-state index in [2.05, 4.69) is 108 Å². The van der Waals surface area contributed by atoms with Gasteiger partial charge < -0.3 is 4.90 Å². The molecule has 29 heavy (non-hydrogen) atoms. The van der Waals surface area contributed by atoms with Crippen LogP contribution >= 0.6 is 0 Å². The van der Waals surface area contributed by atoms with E-state index in [4.69, 9.17) is 0 Å². The van der Waals surface area contributed by atoms with Gasteiger partial charge in [0.2, 0.25) is 0 Å². The molecule has 5 aromatic rings. The molecule has 0 bridgehead atoms. The van der Waals surface area contributed by atoms with Crippen LogP contribution in [0.25, 0.3) is 32.7 Å². The van der Waals surface area contributed by atoms with Gasteiger partial charge in [0.25, 0.3) is 0 Å². The molecule has 0 aliphatic carbocycles. The fourth-order valence-electron chi connectivity index (χ4n) is 4.78. The lowest BCUT2D eigenvalue weighted by atomic mass is 9.88. The lowest BCUT2D eigenvalue weighted by Gasteiger charge is -2.23. The lowest BCUT2D eigenvalue weighted by Crippen LogP contribution is -2.20. The smallest absolute Gasteiger partial charge is 0.0439 e. The van der Waals surface area contributed by atoms with Gasteiger partial charge in [-0.1, -0.05) is 91.0 Å². The fourth-order valence-corrected chi connectivity index (χ4v) is 4.78. The summed E-state index contributed by atoms with van der Waals surface area (Å²) in [6.07, 6.45) is 0. The molecule has 0 saturated heterocycles. The predicted molar refractivity (Wildman–Crippen MR) is 123 cm³/mol. The SMILES string of the molecule is c1ccc(N2Cc3ccc4ccccc4c3-c3c(ccc4ccccc34)C2)cc1. The Hall–Kier alpha value is -3.58. The topological polar surface area (TPSA) is 3.24 Å². The van der Waals surface area contributed by atoms with Crippen molar-refractivity contribution in [2.75, 3.05) is 4.90 Å². The molecule has 1 heterocycles. The second-order valence-corrected chi connectivity index (χ2v) is 7.83. The molecular weight excluding hydrogens is 350 g/mol. The van der Waals surface area contributed by atoms with Gasteiger partial charge in [-0.2, -0.15) is 0 Å². The Morgan fingerprint density at radius 3 is 1.48 bits per heavy atom. The van der Waals surface area contributed by atoms with Crippen LogP contribution in [0.15, 0.2) is 103 Å². The Kier molecular flexibility index (Phi) is 3.67. The summed E-state index contributed by atoms with van der Waals surface area (Å²) < 4.78 is 0. The van der Waals surface area contributed by atoms with E-state index in [-0.39, 0.29) is 0 Å². The van der Waals surface area contributed by atoms with Crippen LogP contribution in [0.1, 0.15) is 11.1 Å². The highest BCUT2D eigenvalue weighted by Crippen LogP contribution is 2.42. The average Bonchev–Trinajstić information content (AvgIpc) is 2.97. The molecule has 0 unspecified atom stereocenters. The molecule has 0 radical (unpaired) electrons. The van der Waals surface area contributed by atoms with Crippen LogP contribution in [0.4, 0.5) is 5.69 Å². The van der Waals surface area contributed by atoms with E-state index in [1.807, 2.05) is 0 Å². The monoisotopic (exact) mass is 371 g/mol. The van der Waals surface area contributed by atoms with E-state index in [1.165, 1.54) is 49.5 Å². The average molecular weight is 371 g/mol. The second kappa shape index (κ2) is 6.49. The maximum absolute atomic E-state index is 2.49. The van der Waals surface area contributed by atoms with Crippen LogP contribution < -0.4 is 4.90 Å². The van der Waals surface area contributed by atoms with Gasteiger partial charge in [-0.05, 0) is 55.9 Å². The summed E-state index contributed by atoms with van der Waals surface area (Å²) in [5.41, 5.74) is 6.85. The summed E-state index contributed by atoms with van der Waals surface area (Å²) >= 11 is 0. The van der Waals surface area contributed by atoms with Gasteiger partial charge in [-0.15, -0.1) is 0 Å². The number of hydrogen-bond donors (Lipinski definition) is 0. The van der Waals surface area contributed by atoms with Crippen molar-refractivity contribution in [3.8, 4) is 11.1 Å². The first kappa shape index (κ1) is 16.4. The van der Waals surface area contributed by atoms with E-state index in [0.29, 0.717) is 0 Å². The molecule has 138 valence electrons. The van der Waals surface area contributed by atoms with Crippen LogP contribution in [-0.4, -0.2) is 0 Å². The predicted octanol–water partition coefficient (Wildman–Crippen LogP) is 7.18. The molecule has 0 saturated carbocycles. The number of anilines is 1. The van der Waals surface area contributed by atoms with Gasteiger partial charge in [0.05, 0.1) is 0 Å². The van der Waals surface area contributed by atoms with Crippen molar-refractivity contribution in [2.45, 2.75) is 13.1 Å². The van der Waals surface area contributed by atoms with E-state index in [9.17, 15) is 0 Å². The van der Waals surface area contributed by atoms with Gasteiger partial charge in [0, 0.05) is 18.8 Å². The minimum absolute atomic E-state index is 0.910. The zero-order valence-electron chi connectivity index (χ0n) is 16.2. The van der Waals surface area contributed by atoms with Crippen molar-refractivity contribution < 1.29 is 0 Å². The van der Waals surface area contributed by atoms with Crippen molar-refractivity contribution in [2.24, 2.45) is 0 Å². The van der Waals surface area contributed by atoms with Crippen molar-refractivity contribution >= 4 is 27.2 Å². The van der Waals surface area contributed by atoms with Crippen LogP contribution in [0.2, 0.25) is 0 Å². The molecular formula is C28H21N. The molecule has 1 heteroatoms. The summed E-state index contributed by atoms with van der Waals surface area (Å²) in [4.78, 5) is 2.49. The van der Waals surface area contributed by atoms with Crippen LogP contribution in [0, 0.1) is 0 Å². The lowest BCUT2D eigenvalue weighted by molar-refractivity contribution is 0.813. The normalized spacial score (nSPS) is 13.2. The summed E-state index contributed by atoms with van der Waals surface area (Å²) in [5, 5.41) is 5.30. The zero-order chi connectivity index (χ0) is 19.2. The van der Waals surface area contributed by atoms with Crippen LogP contribution in [-0.2, 0) is 13.1 Å². The van der Waals surface area contributed by atoms with Crippen molar-refractivity contribution in [1.29, 1.82) is 0 Å². The van der Waals surface area contributed by atoms with Crippen LogP contribution in [0.3, 0.4) is 0 Å². The summed E-state index contributed by atoms with van der Waals surface area (Å²) in [6.45, 7) is 1.82. The Bertz CT molecular complexity index is 1260. The largest absolute Gasteiger partial charge is 0.363 e. The molecule has 0 atom stereocenters. The van der Waals surface area contributed by atoms with Gasteiger partial charge >= 0.3 is 0 Å².